The lowest BCUT2D eigenvalue weighted by atomic mass is 10.1. The number of anilines is 4. The van der Waals surface area contributed by atoms with Crippen LogP contribution in [-0.2, 0) is 0 Å². The number of aromatic nitrogens is 2. The van der Waals surface area contributed by atoms with E-state index in [4.69, 9.17) is 9.97 Å². The number of rotatable bonds is 7. The molecule has 0 aliphatic carbocycles. The number of piperazine rings is 1. The molecule has 2 aromatic heterocycles. The summed E-state index contributed by atoms with van der Waals surface area (Å²) < 4.78 is 0. The van der Waals surface area contributed by atoms with E-state index >= 15 is 0 Å². The van der Waals surface area contributed by atoms with Gasteiger partial charge in [0.05, 0.1) is 18.0 Å². The van der Waals surface area contributed by atoms with Crippen molar-refractivity contribution in [3.8, 4) is 0 Å². The SMILES string of the molecule is Cc1csc2nc(Nc3ccc(N4CCN(C)CC4)cc3)nc(NC(CO)C(C)C)c12. The Hall–Kier alpha value is -2.42. The summed E-state index contributed by atoms with van der Waals surface area (Å²) in [5.74, 6) is 1.62. The van der Waals surface area contributed by atoms with Crippen LogP contribution in [0, 0.1) is 12.8 Å². The molecule has 0 spiro atoms. The van der Waals surface area contributed by atoms with Crippen LogP contribution in [0.2, 0.25) is 0 Å². The monoisotopic (exact) mass is 440 g/mol. The van der Waals surface area contributed by atoms with E-state index in [0.717, 1.165) is 53.5 Å². The standard InChI is InChI=1S/C23H32N6OS/c1-15(2)19(13-30)25-21-20-16(3)14-31-22(20)27-23(26-21)24-17-5-7-18(8-6-17)29-11-9-28(4)10-12-29/h5-8,14-15,19,30H,9-13H2,1-4H3,(H2,24,25,26,27). The van der Waals surface area contributed by atoms with Gasteiger partial charge in [-0.25, -0.2) is 4.98 Å². The molecular weight excluding hydrogens is 408 g/mol. The van der Waals surface area contributed by atoms with Crippen molar-refractivity contribution < 1.29 is 5.11 Å². The Morgan fingerprint density at radius 3 is 2.45 bits per heavy atom. The Labute approximate surface area is 188 Å². The third-order valence-electron chi connectivity index (χ3n) is 5.93. The number of aliphatic hydroxyl groups is 1. The van der Waals surface area contributed by atoms with Crippen LogP contribution < -0.4 is 15.5 Å². The number of aryl methyl sites for hydroxylation is 1. The lowest BCUT2D eigenvalue weighted by Gasteiger charge is -2.34. The van der Waals surface area contributed by atoms with Crippen molar-refractivity contribution >= 4 is 44.7 Å². The molecule has 1 fully saturated rings. The fourth-order valence-electron chi connectivity index (χ4n) is 3.79. The number of benzene rings is 1. The summed E-state index contributed by atoms with van der Waals surface area (Å²) in [6, 6.07) is 8.41. The van der Waals surface area contributed by atoms with Crippen LogP contribution >= 0.6 is 11.3 Å². The molecule has 7 nitrogen and oxygen atoms in total. The molecule has 0 radical (unpaired) electrons. The summed E-state index contributed by atoms with van der Waals surface area (Å²) in [6.45, 7) is 10.6. The van der Waals surface area contributed by atoms with Gasteiger partial charge in [-0.3, -0.25) is 0 Å². The number of nitrogens with one attached hydrogen (secondary N) is 2. The summed E-state index contributed by atoms with van der Waals surface area (Å²) in [6.07, 6.45) is 0. The van der Waals surface area contributed by atoms with E-state index in [2.05, 4.69) is 77.9 Å². The fourth-order valence-corrected chi connectivity index (χ4v) is 4.71. The average molecular weight is 441 g/mol. The second-order valence-electron chi connectivity index (χ2n) is 8.63. The third kappa shape index (κ3) is 4.92. The van der Waals surface area contributed by atoms with Crippen molar-refractivity contribution in [1.82, 2.24) is 14.9 Å². The van der Waals surface area contributed by atoms with Gasteiger partial charge in [0.25, 0.3) is 0 Å². The van der Waals surface area contributed by atoms with Crippen molar-refractivity contribution in [3.05, 3.63) is 35.2 Å². The van der Waals surface area contributed by atoms with Crippen molar-refractivity contribution in [3.63, 3.8) is 0 Å². The molecule has 0 saturated carbocycles. The molecule has 8 heteroatoms. The molecule has 4 rings (SSSR count). The smallest absolute Gasteiger partial charge is 0.230 e. The number of thiophene rings is 1. The second-order valence-corrected chi connectivity index (χ2v) is 9.49. The van der Waals surface area contributed by atoms with E-state index in [1.54, 1.807) is 11.3 Å². The van der Waals surface area contributed by atoms with Crippen LogP contribution in [-0.4, -0.2) is 65.8 Å². The number of fused-ring (bicyclic) bond motifs is 1. The van der Waals surface area contributed by atoms with Crippen molar-refractivity contribution in [2.45, 2.75) is 26.8 Å². The van der Waals surface area contributed by atoms with Crippen LogP contribution in [0.25, 0.3) is 10.2 Å². The lowest BCUT2D eigenvalue weighted by molar-refractivity contribution is 0.249. The molecule has 31 heavy (non-hydrogen) atoms. The van der Waals surface area contributed by atoms with Gasteiger partial charge in [-0.15, -0.1) is 11.3 Å². The number of likely N-dealkylation sites (N-methyl/N-ethyl adjacent to an activating group) is 1. The Morgan fingerprint density at radius 2 is 1.81 bits per heavy atom. The van der Waals surface area contributed by atoms with Crippen LogP contribution in [0.15, 0.2) is 29.6 Å². The first-order valence-electron chi connectivity index (χ1n) is 10.9. The predicted octanol–water partition coefficient (Wildman–Crippen LogP) is 3.92. The van der Waals surface area contributed by atoms with E-state index in [1.165, 1.54) is 5.69 Å². The Morgan fingerprint density at radius 1 is 1.10 bits per heavy atom. The topological polar surface area (TPSA) is 76.6 Å². The molecule has 3 heterocycles. The Bertz CT molecular complexity index is 1010. The van der Waals surface area contributed by atoms with E-state index in [0.29, 0.717) is 5.95 Å². The maximum absolute atomic E-state index is 9.78. The molecule has 1 saturated heterocycles. The first kappa shape index (κ1) is 21.8. The summed E-state index contributed by atoms with van der Waals surface area (Å²) >= 11 is 1.61. The Balaban J connectivity index is 1.55. The molecule has 1 aromatic carbocycles. The molecule has 166 valence electrons. The minimum absolute atomic E-state index is 0.0584. The van der Waals surface area contributed by atoms with Crippen LogP contribution in [0.5, 0.6) is 0 Å². The van der Waals surface area contributed by atoms with E-state index in [-0.39, 0.29) is 18.6 Å². The maximum Gasteiger partial charge on any atom is 0.230 e. The van der Waals surface area contributed by atoms with Crippen LogP contribution in [0.4, 0.5) is 23.1 Å². The van der Waals surface area contributed by atoms with E-state index in [1.807, 2.05) is 0 Å². The van der Waals surface area contributed by atoms with E-state index in [9.17, 15) is 5.11 Å². The summed E-state index contributed by atoms with van der Waals surface area (Å²) in [5.41, 5.74) is 3.35. The number of hydrogen-bond donors (Lipinski definition) is 3. The van der Waals surface area contributed by atoms with Gasteiger partial charge in [-0.05, 0) is 55.1 Å². The van der Waals surface area contributed by atoms with Gasteiger partial charge in [0, 0.05) is 37.6 Å². The van der Waals surface area contributed by atoms with Gasteiger partial charge in [-0.1, -0.05) is 13.8 Å². The van der Waals surface area contributed by atoms with Gasteiger partial charge in [0.15, 0.2) is 0 Å². The van der Waals surface area contributed by atoms with Crippen LogP contribution in [0.3, 0.4) is 0 Å². The molecule has 1 unspecified atom stereocenters. The quantitative estimate of drug-likeness (QED) is 0.514. The van der Waals surface area contributed by atoms with Crippen molar-refractivity contribution in [2.24, 2.45) is 5.92 Å². The normalized spacial score (nSPS) is 16.1. The van der Waals surface area contributed by atoms with Crippen molar-refractivity contribution in [1.29, 1.82) is 0 Å². The molecule has 0 bridgehead atoms. The highest BCUT2D eigenvalue weighted by molar-refractivity contribution is 7.17. The summed E-state index contributed by atoms with van der Waals surface area (Å²) in [7, 11) is 2.17. The highest BCUT2D eigenvalue weighted by atomic mass is 32.1. The zero-order chi connectivity index (χ0) is 22.0. The Kier molecular flexibility index (Phi) is 6.60. The largest absolute Gasteiger partial charge is 0.394 e. The first-order chi connectivity index (χ1) is 14.9. The number of nitrogens with zero attached hydrogens (tertiary/aromatic N) is 4. The maximum atomic E-state index is 9.78. The second kappa shape index (κ2) is 9.38. The number of aliphatic hydroxyl groups excluding tert-OH is 1. The van der Waals surface area contributed by atoms with Gasteiger partial charge < -0.3 is 25.5 Å². The van der Waals surface area contributed by atoms with Gasteiger partial charge in [0.2, 0.25) is 5.95 Å². The molecule has 1 atom stereocenters. The average Bonchev–Trinajstić information content (AvgIpc) is 3.13. The lowest BCUT2D eigenvalue weighted by Crippen LogP contribution is -2.44. The van der Waals surface area contributed by atoms with E-state index < -0.39 is 0 Å². The summed E-state index contributed by atoms with van der Waals surface area (Å²) in [5, 5.41) is 19.7. The highest BCUT2D eigenvalue weighted by Gasteiger charge is 2.18. The highest BCUT2D eigenvalue weighted by Crippen LogP contribution is 2.32. The molecule has 3 aromatic rings. The third-order valence-corrected chi connectivity index (χ3v) is 6.92. The zero-order valence-electron chi connectivity index (χ0n) is 18.7. The van der Waals surface area contributed by atoms with Crippen LogP contribution in [0.1, 0.15) is 19.4 Å². The molecule has 0 amide bonds. The minimum atomic E-state index is -0.0619. The van der Waals surface area contributed by atoms with Gasteiger partial charge in [-0.2, -0.15) is 4.98 Å². The first-order valence-corrected chi connectivity index (χ1v) is 11.8. The van der Waals surface area contributed by atoms with Gasteiger partial charge in [0.1, 0.15) is 10.6 Å². The van der Waals surface area contributed by atoms with Gasteiger partial charge >= 0.3 is 0 Å². The molecule has 1 aliphatic rings. The summed E-state index contributed by atoms with van der Waals surface area (Å²) in [4.78, 5) is 15.2. The molecule has 3 N–H and O–H groups in total. The zero-order valence-corrected chi connectivity index (χ0v) is 19.5. The van der Waals surface area contributed by atoms with Crippen molar-refractivity contribution in [2.75, 3.05) is 55.4 Å². The molecular formula is C23H32N6OS. The molecule has 1 aliphatic heterocycles. The fraction of sp³-hybridized carbons (Fsp3) is 0.478. The minimum Gasteiger partial charge on any atom is -0.394 e. The number of hydrogen-bond acceptors (Lipinski definition) is 8. The predicted molar refractivity (Wildman–Crippen MR) is 131 cm³/mol.